The molecule has 1 heterocycles. The van der Waals surface area contributed by atoms with Crippen LogP contribution in [0.5, 0.6) is 17.2 Å². The minimum absolute atomic E-state index is 0.0275. The number of aliphatic carboxylic acids is 1. The first-order chi connectivity index (χ1) is 11.5. The van der Waals surface area contributed by atoms with Crippen molar-refractivity contribution in [2.45, 2.75) is 0 Å². The number of carboxylic acids is 1. The molecule has 24 heavy (non-hydrogen) atoms. The number of phenols is 2. The number of fused-ring (bicyclic) bond motifs is 1. The summed E-state index contributed by atoms with van der Waals surface area (Å²) in [6.45, 7) is 0. The number of benzene rings is 2. The second-order valence-corrected chi connectivity index (χ2v) is 5.09. The van der Waals surface area contributed by atoms with Crippen molar-refractivity contribution in [1.82, 2.24) is 0 Å². The van der Waals surface area contributed by atoms with Gasteiger partial charge in [0.15, 0.2) is 17.3 Å². The van der Waals surface area contributed by atoms with E-state index in [0.29, 0.717) is 11.1 Å². The number of hydrogen-bond acceptors (Lipinski definition) is 5. The molecular weight excluding hydrogens is 312 g/mol. The summed E-state index contributed by atoms with van der Waals surface area (Å²) in [5, 5.41) is 27.8. The highest BCUT2D eigenvalue weighted by atomic mass is 16.5. The van der Waals surface area contributed by atoms with Crippen molar-refractivity contribution in [1.29, 1.82) is 0 Å². The van der Waals surface area contributed by atoms with Crippen LogP contribution < -0.4 is 4.74 Å². The molecule has 0 aromatic heterocycles. The van der Waals surface area contributed by atoms with E-state index in [2.05, 4.69) is 0 Å². The standard InChI is InChI=1S/C18H12O6/c19-13-7-6-12-16(22)14(24-18(12)17(13)23)9-11-3-1-10(2-4-11)5-8-15(20)21/h1-9,19,23H,(H,20,21)/b8-5+,14-9+. The average molecular weight is 324 g/mol. The molecule has 0 unspecified atom stereocenters. The van der Waals surface area contributed by atoms with Crippen LogP contribution in [0.2, 0.25) is 0 Å². The number of carboxylic acid groups (broad SMARTS) is 1. The summed E-state index contributed by atoms with van der Waals surface area (Å²) < 4.78 is 5.35. The van der Waals surface area contributed by atoms with Crippen molar-refractivity contribution in [3.05, 3.63) is 64.9 Å². The Morgan fingerprint density at radius 2 is 1.67 bits per heavy atom. The Balaban J connectivity index is 1.87. The maximum atomic E-state index is 12.2. The first-order valence-electron chi connectivity index (χ1n) is 6.96. The predicted molar refractivity (Wildman–Crippen MR) is 85.8 cm³/mol. The molecule has 3 N–H and O–H groups in total. The molecule has 0 bridgehead atoms. The molecule has 0 amide bonds. The third-order valence-electron chi connectivity index (χ3n) is 3.44. The molecule has 0 fully saturated rings. The summed E-state index contributed by atoms with van der Waals surface area (Å²) in [4.78, 5) is 22.7. The fraction of sp³-hybridized carbons (Fsp3) is 0. The van der Waals surface area contributed by atoms with Gasteiger partial charge in [-0.15, -0.1) is 0 Å². The molecule has 0 aliphatic carbocycles. The lowest BCUT2D eigenvalue weighted by Crippen LogP contribution is -1.97. The van der Waals surface area contributed by atoms with Gasteiger partial charge >= 0.3 is 5.97 Å². The minimum Gasteiger partial charge on any atom is -0.504 e. The zero-order valence-corrected chi connectivity index (χ0v) is 12.3. The highest BCUT2D eigenvalue weighted by Crippen LogP contribution is 2.44. The van der Waals surface area contributed by atoms with E-state index >= 15 is 0 Å². The van der Waals surface area contributed by atoms with Gasteiger partial charge in [0.25, 0.3) is 0 Å². The Hall–Kier alpha value is -3.54. The molecule has 3 rings (SSSR count). The van der Waals surface area contributed by atoms with Gasteiger partial charge in [-0.25, -0.2) is 4.79 Å². The number of allylic oxidation sites excluding steroid dienone is 1. The average Bonchev–Trinajstić information content (AvgIpc) is 2.87. The van der Waals surface area contributed by atoms with Crippen LogP contribution in [-0.2, 0) is 4.79 Å². The molecule has 0 spiro atoms. The highest BCUT2D eigenvalue weighted by Gasteiger charge is 2.31. The Morgan fingerprint density at radius 1 is 1.00 bits per heavy atom. The van der Waals surface area contributed by atoms with Gasteiger partial charge in [-0.05, 0) is 35.4 Å². The number of carbonyl (C=O) groups excluding carboxylic acids is 1. The van der Waals surface area contributed by atoms with Crippen LogP contribution in [0.1, 0.15) is 21.5 Å². The molecule has 2 aromatic rings. The number of carbonyl (C=O) groups is 2. The zero-order chi connectivity index (χ0) is 17.3. The van der Waals surface area contributed by atoms with E-state index in [9.17, 15) is 19.8 Å². The smallest absolute Gasteiger partial charge is 0.328 e. The van der Waals surface area contributed by atoms with Gasteiger partial charge in [0.1, 0.15) is 0 Å². The van der Waals surface area contributed by atoms with Crippen molar-refractivity contribution in [2.24, 2.45) is 0 Å². The van der Waals surface area contributed by atoms with Crippen LogP contribution in [0.4, 0.5) is 0 Å². The Bertz CT molecular complexity index is 890. The summed E-state index contributed by atoms with van der Waals surface area (Å²) in [6, 6.07) is 9.40. The summed E-state index contributed by atoms with van der Waals surface area (Å²) in [5.41, 5.74) is 1.55. The predicted octanol–water partition coefficient (Wildman–Crippen LogP) is 2.81. The Labute approximate surface area is 136 Å². The largest absolute Gasteiger partial charge is 0.504 e. The number of hydrogen-bond donors (Lipinski definition) is 3. The number of rotatable bonds is 3. The van der Waals surface area contributed by atoms with Crippen molar-refractivity contribution in [3.8, 4) is 17.2 Å². The molecule has 120 valence electrons. The molecule has 1 aliphatic heterocycles. The van der Waals surface area contributed by atoms with Gasteiger partial charge < -0.3 is 20.1 Å². The molecule has 1 aliphatic rings. The summed E-state index contributed by atoms with van der Waals surface area (Å²) >= 11 is 0. The molecule has 6 nitrogen and oxygen atoms in total. The first kappa shape index (κ1) is 15.4. The number of phenolic OH excluding ortho intramolecular Hbond substituents is 2. The van der Waals surface area contributed by atoms with Crippen LogP contribution in [0, 0.1) is 0 Å². The number of ketones is 1. The summed E-state index contributed by atoms with van der Waals surface area (Å²) in [7, 11) is 0. The lowest BCUT2D eigenvalue weighted by Gasteiger charge is -2.02. The first-order valence-corrected chi connectivity index (χ1v) is 6.96. The van der Waals surface area contributed by atoms with E-state index in [1.54, 1.807) is 24.3 Å². The van der Waals surface area contributed by atoms with Gasteiger partial charge in [0, 0.05) is 6.08 Å². The van der Waals surface area contributed by atoms with Gasteiger partial charge in [0.2, 0.25) is 11.5 Å². The van der Waals surface area contributed by atoms with Gasteiger partial charge in [0.05, 0.1) is 5.56 Å². The maximum absolute atomic E-state index is 12.2. The fourth-order valence-corrected chi connectivity index (χ4v) is 2.25. The monoisotopic (exact) mass is 324 g/mol. The van der Waals surface area contributed by atoms with Crippen LogP contribution in [0.15, 0.2) is 48.2 Å². The third kappa shape index (κ3) is 2.85. The highest BCUT2D eigenvalue weighted by molar-refractivity contribution is 6.15. The maximum Gasteiger partial charge on any atom is 0.328 e. The van der Waals surface area contributed by atoms with Crippen molar-refractivity contribution < 1.29 is 29.6 Å². The van der Waals surface area contributed by atoms with E-state index in [-0.39, 0.29) is 22.8 Å². The Morgan fingerprint density at radius 3 is 2.33 bits per heavy atom. The van der Waals surface area contributed by atoms with Gasteiger partial charge in [-0.1, -0.05) is 24.3 Å². The minimum atomic E-state index is -1.04. The van der Waals surface area contributed by atoms with Crippen LogP contribution in [-0.4, -0.2) is 27.1 Å². The molecular formula is C18H12O6. The van der Waals surface area contributed by atoms with E-state index in [1.165, 1.54) is 24.3 Å². The molecule has 2 aromatic carbocycles. The van der Waals surface area contributed by atoms with E-state index in [4.69, 9.17) is 9.84 Å². The summed E-state index contributed by atoms with van der Waals surface area (Å²) in [5.74, 6) is -2.30. The second-order valence-electron chi connectivity index (χ2n) is 5.09. The zero-order valence-electron chi connectivity index (χ0n) is 12.3. The SMILES string of the molecule is O=C(O)/C=C/c1ccc(/C=C2/Oc3c(ccc(O)c3O)C2=O)cc1. The summed E-state index contributed by atoms with van der Waals surface area (Å²) in [6.07, 6.45) is 3.99. The molecule has 6 heteroatoms. The Kier molecular flexibility index (Phi) is 3.79. The third-order valence-corrected chi connectivity index (χ3v) is 3.44. The van der Waals surface area contributed by atoms with Crippen molar-refractivity contribution >= 4 is 23.9 Å². The number of aromatic hydroxyl groups is 2. The van der Waals surface area contributed by atoms with Crippen LogP contribution in [0.25, 0.3) is 12.2 Å². The van der Waals surface area contributed by atoms with E-state index < -0.39 is 17.5 Å². The van der Waals surface area contributed by atoms with Crippen LogP contribution >= 0.6 is 0 Å². The molecule has 0 saturated carbocycles. The van der Waals surface area contributed by atoms with E-state index in [0.717, 1.165) is 6.08 Å². The number of Topliss-reactive ketones (excluding diaryl/α,β-unsaturated/α-hetero) is 1. The molecule has 0 atom stereocenters. The van der Waals surface area contributed by atoms with Gasteiger partial charge in [-0.3, -0.25) is 4.79 Å². The van der Waals surface area contributed by atoms with Crippen molar-refractivity contribution in [2.75, 3.05) is 0 Å². The lowest BCUT2D eigenvalue weighted by molar-refractivity contribution is -0.131. The normalized spacial score (nSPS) is 14.8. The second kappa shape index (κ2) is 5.92. The fourth-order valence-electron chi connectivity index (χ4n) is 2.25. The number of ether oxygens (including phenoxy) is 1. The quantitative estimate of drug-likeness (QED) is 0.592. The molecule has 0 saturated heterocycles. The van der Waals surface area contributed by atoms with Crippen molar-refractivity contribution in [3.63, 3.8) is 0 Å². The lowest BCUT2D eigenvalue weighted by atomic mass is 10.1. The van der Waals surface area contributed by atoms with Crippen LogP contribution in [0.3, 0.4) is 0 Å². The van der Waals surface area contributed by atoms with E-state index in [1.807, 2.05) is 0 Å². The van der Waals surface area contributed by atoms with Gasteiger partial charge in [-0.2, -0.15) is 0 Å². The topological polar surface area (TPSA) is 104 Å². The molecule has 0 radical (unpaired) electrons.